The largest absolute Gasteiger partial charge is 0.495 e. The first kappa shape index (κ1) is 18.8. The molecule has 3 rings (SSSR count). The van der Waals surface area contributed by atoms with Crippen LogP contribution in [0, 0.1) is 11.3 Å². The molecule has 0 radical (unpaired) electrons. The quantitative estimate of drug-likeness (QED) is 0.764. The number of nitrogens with one attached hydrogen (secondary N) is 1. The Hall–Kier alpha value is -2.01. The molecule has 0 unspecified atom stereocenters. The second-order valence-corrected chi connectivity index (χ2v) is 8.82. The molecule has 3 N–H and O–H groups in total. The van der Waals surface area contributed by atoms with Crippen LogP contribution in [0.15, 0.2) is 24.3 Å². The van der Waals surface area contributed by atoms with Crippen molar-refractivity contribution in [3.05, 3.63) is 40.3 Å². The number of nitrogens with two attached hydrogens (primary N) is 1. The van der Waals surface area contributed by atoms with E-state index in [-0.39, 0.29) is 5.91 Å². The molecular weight excluding hydrogens is 344 g/mol. The van der Waals surface area contributed by atoms with E-state index in [1.54, 1.807) is 18.4 Å². The van der Waals surface area contributed by atoms with Crippen molar-refractivity contribution in [2.75, 3.05) is 18.2 Å². The molecule has 4 nitrogen and oxygen atoms in total. The predicted octanol–water partition coefficient (Wildman–Crippen LogP) is 5.13. The van der Waals surface area contributed by atoms with Gasteiger partial charge in [-0.2, -0.15) is 0 Å². The number of rotatable bonds is 5. The number of carbonyl (C=O) groups is 1. The molecular formula is C21H28N2O2S. The summed E-state index contributed by atoms with van der Waals surface area (Å²) >= 11 is 1.58. The number of benzene rings is 1. The van der Waals surface area contributed by atoms with Gasteiger partial charge in [-0.15, -0.1) is 11.3 Å². The molecule has 1 amide bonds. The zero-order valence-corrected chi connectivity index (χ0v) is 16.8. The van der Waals surface area contributed by atoms with Gasteiger partial charge in [-0.1, -0.05) is 39.3 Å². The van der Waals surface area contributed by atoms with Gasteiger partial charge in [-0.05, 0) is 48.3 Å². The van der Waals surface area contributed by atoms with Crippen LogP contribution in [-0.2, 0) is 12.8 Å². The van der Waals surface area contributed by atoms with Crippen molar-refractivity contribution in [3.8, 4) is 5.75 Å². The molecule has 0 saturated heterocycles. The van der Waals surface area contributed by atoms with E-state index in [0.717, 1.165) is 31.2 Å². The lowest BCUT2D eigenvalue weighted by molar-refractivity contribution is 0.102. The topological polar surface area (TPSA) is 64.4 Å². The normalized spacial score (nSPS) is 16.8. The van der Waals surface area contributed by atoms with Crippen LogP contribution < -0.4 is 15.8 Å². The van der Waals surface area contributed by atoms with Crippen molar-refractivity contribution in [3.63, 3.8) is 0 Å². The zero-order valence-electron chi connectivity index (χ0n) is 16.0. The third-order valence-corrected chi connectivity index (χ3v) is 6.97. The summed E-state index contributed by atoms with van der Waals surface area (Å²) < 4.78 is 5.33. The van der Waals surface area contributed by atoms with Crippen LogP contribution in [0.1, 0.15) is 54.4 Å². The minimum atomic E-state index is -0.141. The van der Waals surface area contributed by atoms with Crippen LogP contribution in [0.4, 0.5) is 10.7 Å². The molecule has 1 aliphatic rings. The monoisotopic (exact) mass is 372 g/mol. The Kier molecular flexibility index (Phi) is 5.28. The van der Waals surface area contributed by atoms with E-state index >= 15 is 0 Å². The molecule has 0 bridgehead atoms. The first-order valence-corrected chi connectivity index (χ1v) is 10.0. The summed E-state index contributed by atoms with van der Waals surface area (Å²) in [6.07, 6.45) is 4.22. The summed E-state index contributed by atoms with van der Waals surface area (Å²) in [6.45, 7) is 6.94. The van der Waals surface area contributed by atoms with Gasteiger partial charge in [0.15, 0.2) is 0 Å². The van der Waals surface area contributed by atoms with E-state index in [1.807, 2.05) is 24.3 Å². The maximum Gasteiger partial charge on any atom is 0.259 e. The van der Waals surface area contributed by atoms with Crippen LogP contribution in [0.25, 0.3) is 0 Å². The highest BCUT2D eigenvalue weighted by Crippen LogP contribution is 2.44. The lowest BCUT2D eigenvalue weighted by Gasteiger charge is -2.36. The van der Waals surface area contributed by atoms with E-state index in [2.05, 4.69) is 26.1 Å². The summed E-state index contributed by atoms with van der Waals surface area (Å²) in [5.74, 6) is 1.15. The number of hydrogen-bond donors (Lipinski definition) is 2. The predicted molar refractivity (Wildman–Crippen MR) is 109 cm³/mol. The fraction of sp³-hybridized carbons (Fsp3) is 0.476. The smallest absolute Gasteiger partial charge is 0.259 e. The molecule has 1 aromatic heterocycles. The van der Waals surface area contributed by atoms with Gasteiger partial charge in [0.1, 0.15) is 5.75 Å². The Bertz CT molecular complexity index is 810. The number of para-hydroxylation sites is 2. The van der Waals surface area contributed by atoms with Crippen LogP contribution in [0.5, 0.6) is 5.75 Å². The highest BCUT2D eigenvalue weighted by Gasteiger charge is 2.34. The average Bonchev–Trinajstić information content (AvgIpc) is 2.97. The van der Waals surface area contributed by atoms with E-state index in [9.17, 15) is 4.79 Å². The lowest BCUT2D eigenvalue weighted by Crippen LogP contribution is -2.29. The van der Waals surface area contributed by atoms with Gasteiger partial charge in [-0.25, -0.2) is 0 Å². The van der Waals surface area contributed by atoms with Crippen molar-refractivity contribution in [2.45, 2.75) is 46.5 Å². The fourth-order valence-corrected chi connectivity index (χ4v) is 4.94. The Morgan fingerprint density at radius 1 is 1.38 bits per heavy atom. The van der Waals surface area contributed by atoms with E-state index < -0.39 is 0 Å². The number of nitrogen functional groups attached to an aromatic ring is 1. The van der Waals surface area contributed by atoms with Gasteiger partial charge in [0.05, 0.1) is 23.4 Å². The molecule has 0 spiro atoms. The molecule has 2 aromatic rings. The molecule has 0 fully saturated rings. The summed E-state index contributed by atoms with van der Waals surface area (Å²) in [6, 6.07) is 7.43. The van der Waals surface area contributed by atoms with E-state index in [1.165, 1.54) is 4.88 Å². The van der Waals surface area contributed by atoms with Crippen molar-refractivity contribution >= 4 is 27.9 Å². The van der Waals surface area contributed by atoms with Crippen LogP contribution in [-0.4, -0.2) is 13.0 Å². The minimum Gasteiger partial charge on any atom is -0.495 e. The van der Waals surface area contributed by atoms with Gasteiger partial charge in [0, 0.05) is 4.88 Å². The molecule has 1 atom stereocenters. The van der Waals surface area contributed by atoms with Gasteiger partial charge in [0.2, 0.25) is 0 Å². The van der Waals surface area contributed by atoms with Crippen LogP contribution >= 0.6 is 11.3 Å². The number of anilines is 2. The van der Waals surface area contributed by atoms with Crippen molar-refractivity contribution < 1.29 is 9.53 Å². The Morgan fingerprint density at radius 2 is 2.12 bits per heavy atom. The maximum absolute atomic E-state index is 12.9. The molecule has 0 aliphatic heterocycles. The number of carbonyl (C=O) groups excluding carboxylic acids is 1. The Labute approximate surface area is 159 Å². The lowest BCUT2D eigenvalue weighted by atomic mass is 9.69. The third kappa shape index (κ3) is 3.45. The van der Waals surface area contributed by atoms with E-state index in [0.29, 0.717) is 33.3 Å². The summed E-state index contributed by atoms with van der Waals surface area (Å²) in [5, 5.41) is 3.59. The Balaban J connectivity index is 1.86. The molecule has 0 saturated carbocycles. The number of fused-ring (bicyclic) bond motifs is 1. The SMILES string of the molecule is CCC(C)(C)[C@H]1CCc2c(sc(N)c2C(=O)Nc2ccccc2OC)C1. The highest BCUT2D eigenvalue weighted by molar-refractivity contribution is 7.16. The summed E-state index contributed by atoms with van der Waals surface area (Å²) in [7, 11) is 1.60. The molecule has 1 aliphatic carbocycles. The number of ether oxygens (including phenoxy) is 1. The van der Waals surface area contributed by atoms with Gasteiger partial charge in [0.25, 0.3) is 5.91 Å². The standard InChI is InChI=1S/C21H28N2O2S/c1-5-21(2,3)13-10-11-14-17(12-13)26-19(22)18(14)20(24)23-15-8-6-7-9-16(15)25-4/h6-9,13H,5,10-12,22H2,1-4H3,(H,23,24)/t13-/m0/s1. The van der Waals surface area contributed by atoms with Crippen molar-refractivity contribution in [2.24, 2.45) is 11.3 Å². The summed E-state index contributed by atoms with van der Waals surface area (Å²) in [4.78, 5) is 14.2. The minimum absolute atomic E-state index is 0.141. The number of methoxy groups -OCH3 is 1. The average molecular weight is 373 g/mol. The summed E-state index contributed by atoms with van der Waals surface area (Å²) in [5.41, 5.74) is 9.04. The van der Waals surface area contributed by atoms with Crippen LogP contribution in [0.2, 0.25) is 0 Å². The van der Waals surface area contributed by atoms with E-state index in [4.69, 9.17) is 10.5 Å². The Morgan fingerprint density at radius 3 is 2.81 bits per heavy atom. The van der Waals surface area contributed by atoms with Gasteiger partial charge < -0.3 is 15.8 Å². The fourth-order valence-electron chi connectivity index (χ4n) is 3.74. The first-order valence-electron chi connectivity index (χ1n) is 9.21. The molecule has 5 heteroatoms. The second kappa shape index (κ2) is 7.31. The van der Waals surface area contributed by atoms with Gasteiger partial charge >= 0.3 is 0 Å². The van der Waals surface area contributed by atoms with Crippen molar-refractivity contribution in [1.82, 2.24) is 0 Å². The molecule has 1 aromatic carbocycles. The first-order chi connectivity index (χ1) is 12.4. The second-order valence-electron chi connectivity index (χ2n) is 7.68. The third-order valence-electron chi connectivity index (χ3n) is 5.89. The molecule has 140 valence electrons. The number of thiophene rings is 1. The van der Waals surface area contributed by atoms with Crippen LogP contribution in [0.3, 0.4) is 0 Å². The van der Waals surface area contributed by atoms with Gasteiger partial charge in [-0.3, -0.25) is 4.79 Å². The number of hydrogen-bond acceptors (Lipinski definition) is 4. The maximum atomic E-state index is 12.9. The van der Waals surface area contributed by atoms with Crippen molar-refractivity contribution in [1.29, 1.82) is 0 Å². The molecule has 1 heterocycles. The number of amides is 1. The zero-order chi connectivity index (χ0) is 18.9. The highest BCUT2D eigenvalue weighted by atomic mass is 32.1. The molecule has 26 heavy (non-hydrogen) atoms.